The molecule has 0 radical (unpaired) electrons. The molecule has 3 unspecified atom stereocenters. The van der Waals surface area contributed by atoms with Gasteiger partial charge in [-0.25, -0.2) is 29.1 Å². The number of imidazole rings is 1. The lowest BCUT2D eigenvalue weighted by Gasteiger charge is -2.27. The third kappa shape index (κ3) is 7.95. The van der Waals surface area contributed by atoms with E-state index in [-0.39, 0.29) is 17.9 Å². The van der Waals surface area contributed by atoms with Gasteiger partial charge in [0.2, 0.25) is 5.82 Å². The third-order valence-electron chi connectivity index (χ3n) is 7.07. The molecule has 0 bridgehead atoms. The average molecular weight is 702 g/mol. The lowest BCUT2D eigenvalue weighted by molar-refractivity contribution is -0.0625. The van der Waals surface area contributed by atoms with Crippen molar-refractivity contribution in [3.63, 3.8) is 0 Å². The van der Waals surface area contributed by atoms with E-state index in [2.05, 4.69) is 25.1 Å². The largest absolute Gasteiger partial charge is 0.509 e. The summed E-state index contributed by atoms with van der Waals surface area (Å²) in [6.07, 6.45) is -2.56. The Balaban J connectivity index is 1.32. The first kappa shape index (κ1) is 34.8. The molecular weight excluding hydrogens is 669 g/mol. The molecule has 2 aliphatic heterocycles. The Morgan fingerprint density at radius 1 is 1.21 bits per heavy atom. The van der Waals surface area contributed by atoms with Crippen molar-refractivity contribution in [2.24, 2.45) is 5.18 Å². The average Bonchev–Trinajstić information content (AvgIpc) is 3.76. The maximum absolute atomic E-state index is 14.2. The van der Waals surface area contributed by atoms with Gasteiger partial charge in [-0.3, -0.25) is 28.0 Å². The van der Waals surface area contributed by atoms with Crippen LogP contribution in [0.15, 0.2) is 39.7 Å². The summed E-state index contributed by atoms with van der Waals surface area (Å²) in [5.41, 5.74) is -0.891. The fourth-order valence-electron chi connectivity index (χ4n) is 5.00. The van der Waals surface area contributed by atoms with E-state index in [1.165, 1.54) is 26.0 Å². The van der Waals surface area contributed by atoms with Crippen LogP contribution in [0.2, 0.25) is 0 Å². The van der Waals surface area contributed by atoms with E-state index in [4.69, 9.17) is 32.7 Å². The highest BCUT2D eigenvalue weighted by molar-refractivity contribution is 8.55. The van der Waals surface area contributed by atoms with Crippen molar-refractivity contribution >= 4 is 41.3 Å². The van der Waals surface area contributed by atoms with Gasteiger partial charge in [0.1, 0.15) is 30.9 Å². The number of methoxy groups -OCH3 is 1. The number of nitroso groups, excluding NO2 is 1. The summed E-state index contributed by atoms with van der Waals surface area (Å²) in [6, 6.07) is 1.10. The number of nitrogens with zero attached hydrogens (tertiary/aromatic N) is 6. The molecule has 5 heterocycles. The highest BCUT2D eigenvalue weighted by Crippen LogP contribution is 2.63. The zero-order valence-corrected chi connectivity index (χ0v) is 27.0. The maximum atomic E-state index is 14.2. The van der Waals surface area contributed by atoms with Gasteiger partial charge in [-0.05, 0) is 31.9 Å². The molecule has 0 aromatic carbocycles. The first-order valence-electron chi connectivity index (χ1n) is 14.2. The zero-order chi connectivity index (χ0) is 33.7. The lowest BCUT2D eigenvalue weighted by Crippen LogP contribution is -2.39. The van der Waals surface area contributed by atoms with Crippen molar-refractivity contribution in [1.29, 1.82) is 0 Å². The van der Waals surface area contributed by atoms with Crippen molar-refractivity contribution in [3.05, 3.63) is 50.7 Å². The molecule has 2 fully saturated rings. The number of aromatic amines is 1. The number of H-pyrrole nitrogens is 1. The molecule has 22 heteroatoms. The molecule has 2 N–H and O–H groups in total. The summed E-state index contributed by atoms with van der Waals surface area (Å²) < 4.78 is 56.1. The first-order chi connectivity index (χ1) is 22.6. The normalized spacial score (nSPS) is 25.6. The van der Waals surface area contributed by atoms with Crippen LogP contribution in [0.3, 0.4) is 0 Å². The van der Waals surface area contributed by atoms with Gasteiger partial charge in [-0.15, -0.1) is 4.91 Å². The molecule has 3 aromatic rings. The molecular formula is C25H32N7O13PS. The zero-order valence-electron chi connectivity index (χ0n) is 25.3. The molecule has 0 saturated carbocycles. The summed E-state index contributed by atoms with van der Waals surface area (Å²) in [7, 11) is 1.29. The van der Waals surface area contributed by atoms with E-state index < -0.39 is 79.7 Å². The van der Waals surface area contributed by atoms with Crippen LogP contribution in [0.4, 0.5) is 10.6 Å². The number of rotatable bonds is 14. The standard InChI is InChI=1S/C25H32N7O13PS/c1-13(2)42-25(36)40-12-47-46(38,45-19-15(8-33)44-23(20(19)39-3)31-7-6-16(34)29-24(31)35)41-9-14-4-5-17(43-14)32-11-28-18-21(30-37)26-10-27-22(18)32/h6-7,10-11,13-15,17,19-20,23,33H,4-5,8-9,12H2,1-3H3,(H,29,34,35)/t14-,15+,17+,19?,20?,23+,46?/m0/s1. The predicted octanol–water partition coefficient (Wildman–Crippen LogP) is 2.12. The quantitative estimate of drug-likeness (QED) is 0.106. The van der Waals surface area contributed by atoms with Gasteiger partial charge >= 0.3 is 18.6 Å². The topological polar surface area (TPSA) is 247 Å². The molecule has 7 atom stereocenters. The number of aliphatic hydroxyl groups excluding tert-OH is 1. The van der Waals surface area contributed by atoms with Crippen molar-refractivity contribution < 1.29 is 47.2 Å². The van der Waals surface area contributed by atoms with Gasteiger partial charge in [-0.2, -0.15) is 0 Å². The number of aliphatic hydroxyl groups is 1. The minimum atomic E-state index is -4.28. The van der Waals surface area contributed by atoms with Crippen LogP contribution in [-0.2, 0) is 37.3 Å². The number of fused-ring (bicyclic) bond motifs is 1. The van der Waals surface area contributed by atoms with Crippen LogP contribution in [-0.4, -0.2) is 97.1 Å². The Hall–Kier alpha value is -3.56. The number of nitrogens with one attached hydrogen (secondary N) is 1. The summed E-state index contributed by atoms with van der Waals surface area (Å²) >= 11 is 0.533. The van der Waals surface area contributed by atoms with Gasteiger partial charge in [0.15, 0.2) is 23.3 Å². The smallest absolute Gasteiger partial charge is 0.432 e. The first-order valence-corrected chi connectivity index (χ1v) is 17.4. The molecule has 0 aliphatic carbocycles. The summed E-state index contributed by atoms with van der Waals surface area (Å²) in [5.74, 6) is -0.608. The van der Waals surface area contributed by atoms with E-state index in [0.29, 0.717) is 29.9 Å². The summed E-state index contributed by atoms with van der Waals surface area (Å²) in [4.78, 5) is 61.4. The minimum Gasteiger partial charge on any atom is -0.432 e. The van der Waals surface area contributed by atoms with E-state index in [9.17, 15) is 29.0 Å². The Morgan fingerprint density at radius 3 is 2.72 bits per heavy atom. The molecule has 0 spiro atoms. The van der Waals surface area contributed by atoms with Crippen LogP contribution in [0.1, 0.15) is 39.1 Å². The second-order valence-electron chi connectivity index (χ2n) is 10.5. The van der Waals surface area contributed by atoms with Crippen LogP contribution < -0.4 is 11.2 Å². The summed E-state index contributed by atoms with van der Waals surface area (Å²) in [6.45, 7) is -1.89. The summed E-state index contributed by atoms with van der Waals surface area (Å²) in [5, 5.41) is 13.0. The van der Waals surface area contributed by atoms with Gasteiger partial charge < -0.3 is 28.8 Å². The fraction of sp³-hybridized carbons (Fsp3) is 0.600. The van der Waals surface area contributed by atoms with Gasteiger partial charge in [0.05, 0.1) is 31.7 Å². The lowest BCUT2D eigenvalue weighted by atomic mass is 10.1. The second-order valence-corrected chi connectivity index (χ2v) is 14.5. The van der Waals surface area contributed by atoms with E-state index in [1.54, 1.807) is 18.4 Å². The monoisotopic (exact) mass is 701 g/mol. The highest BCUT2D eigenvalue weighted by Gasteiger charge is 2.50. The SMILES string of the molecule is COC1C(OP(=O)(OC[C@@H]2CC[C@H](n3cnc4c(N=O)ncnc43)O2)SCOC(=O)OC(C)C)[C@@H](CO)O[C@H]1n1ccc(=O)[nH]c1=O. The van der Waals surface area contributed by atoms with Gasteiger partial charge in [0, 0.05) is 30.8 Å². The number of carbonyl (C=O) groups excluding carboxylic acids is 1. The Labute approximate surface area is 269 Å². The van der Waals surface area contributed by atoms with Crippen molar-refractivity contribution in [2.45, 2.75) is 69.7 Å². The number of carbonyl (C=O) groups is 1. The van der Waals surface area contributed by atoms with E-state index in [1.807, 2.05) is 0 Å². The molecule has 0 amide bonds. The van der Waals surface area contributed by atoms with Crippen molar-refractivity contribution in [3.8, 4) is 0 Å². The van der Waals surface area contributed by atoms with Crippen LogP contribution >= 0.6 is 18.2 Å². The molecule has 5 rings (SSSR count). The van der Waals surface area contributed by atoms with E-state index >= 15 is 0 Å². The number of hydrogen-bond donors (Lipinski definition) is 2. The fourth-order valence-corrected chi connectivity index (χ4v) is 7.81. The molecule has 2 saturated heterocycles. The third-order valence-corrected chi connectivity index (χ3v) is 10.4. The van der Waals surface area contributed by atoms with Crippen molar-refractivity contribution in [2.75, 3.05) is 26.3 Å². The molecule has 20 nitrogen and oxygen atoms in total. The number of hydrogen-bond acceptors (Lipinski definition) is 18. The Morgan fingerprint density at radius 2 is 2.02 bits per heavy atom. The van der Waals surface area contributed by atoms with Crippen molar-refractivity contribution in [1.82, 2.24) is 29.1 Å². The second kappa shape index (κ2) is 15.1. The highest BCUT2D eigenvalue weighted by atomic mass is 32.7. The number of ether oxygens (including phenoxy) is 5. The van der Waals surface area contributed by atoms with Gasteiger partial charge in [0.25, 0.3) is 5.56 Å². The van der Waals surface area contributed by atoms with Crippen LogP contribution in [0.5, 0.6) is 0 Å². The Kier molecular flexibility index (Phi) is 11.2. The predicted molar refractivity (Wildman–Crippen MR) is 161 cm³/mol. The van der Waals surface area contributed by atoms with E-state index in [0.717, 1.165) is 10.6 Å². The van der Waals surface area contributed by atoms with Crippen LogP contribution in [0.25, 0.3) is 11.2 Å². The Bertz CT molecular complexity index is 1730. The molecule has 2 aliphatic rings. The minimum absolute atomic E-state index is 0.111. The van der Waals surface area contributed by atoms with Crippen LogP contribution in [0, 0.1) is 4.91 Å². The number of aromatic nitrogens is 6. The molecule has 47 heavy (non-hydrogen) atoms. The van der Waals surface area contributed by atoms with Gasteiger partial charge in [-0.1, -0.05) is 0 Å². The maximum Gasteiger partial charge on any atom is 0.509 e. The molecule has 3 aromatic heterocycles. The molecule has 256 valence electrons.